The number of carboxylic acid groups (broad SMARTS) is 1. The number of aliphatic carboxylic acids is 1. The number of rotatable bonds is 6. The molecule has 1 fully saturated rings. The van der Waals surface area contributed by atoms with Gasteiger partial charge >= 0.3 is 11.7 Å². The van der Waals surface area contributed by atoms with Gasteiger partial charge < -0.3 is 20.3 Å². The summed E-state index contributed by atoms with van der Waals surface area (Å²) < 4.78 is 6.72. The highest BCUT2D eigenvalue weighted by Crippen LogP contribution is 2.30. The molecule has 1 unspecified atom stereocenters. The summed E-state index contributed by atoms with van der Waals surface area (Å²) in [5, 5.41) is 19.8. The van der Waals surface area contributed by atoms with E-state index in [4.69, 9.17) is 14.9 Å². The maximum Gasteiger partial charge on any atom is 0.351 e. The van der Waals surface area contributed by atoms with Gasteiger partial charge in [-0.05, 0) is 6.07 Å². The predicted molar refractivity (Wildman–Crippen MR) is 77.5 cm³/mol. The lowest BCUT2D eigenvalue weighted by Gasteiger charge is -2.13. The van der Waals surface area contributed by atoms with E-state index in [9.17, 15) is 14.4 Å². The number of nitrogens with one attached hydrogen (secondary N) is 1. The minimum atomic E-state index is -1.08. The fourth-order valence-electron chi connectivity index (χ4n) is 1.81. The second kappa shape index (κ2) is 7.38. The number of amides is 1. The van der Waals surface area contributed by atoms with Crippen LogP contribution in [-0.4, -0.2) is 49.4 Å². The van der Waals surface area contributed by atoms with Crippen LogP contribution in [0, 0.1) is 0 Å². The van der Waals surface area contributed by atoms with Crippen LogP contribution in [-0.2, 0) is 14.3 Å². The molecule has 1 aromatic rings. The Hall–Kier alpha value is -1.91. The first-order valence-electron chi connectivity index (χ1n) is 6.48. The third-order valence-corrected chi connectivity index (χ3v) is 3.97. The molecule has 22 heavy (non-hydrogen) atoms. The Balaban J connectivity index is 1.99. The van der Waals surface area contributed by atoms with Crippen molar-refractivity contribution in [1.82, 2.24) is 9.55 Å². The number of anilines is 1. The molecule has 0 saturated carbocycles. The molecule has 1 aromatic heterocycles. The van der Waals surface area contributed by atoms with Gasteiger partial charge in [-0.2, -0.15) is 4.98 Å². The van der Waals surface area contributed by atoms with E-state index in [1.165, 1.54) is 28.6 Å². The van der Waals surface area contributed by atoms with Gasteiger partial charge in [0.25, 0.3) is 0 Å². The maximum atomic E-state index is 11.9. The van der Waals surface area contributed by atoms with Crippen molar-refractivity contribution < 1.29 is 24.5 Å². The number of aromatic nitrogens is 2. The van der Waals surface area contributed by atoms with Gasteiger partial charge in [-0.25, -0.2) is 4.79 Å². The van der Waals surface area contributed by atoms with Crippen molar-refractivity contribution in [3.63, 3.8) is 0 Å². The molecule has 3 N–H and O–H groups in total. The molecule has 1 aliphatic rings. The van der Waals surface area contributed by atoms with Crippen molar-refractivity contribution >= 4 is 29.5 Å². The second-order valence-corrected chi connectivity index (χ2v) is 5.67. The Morgan fingerprint density at radius 2 is 2.27 bits per heavy atom. The summed E-state index contributed by atoms with van der Waals surface area (Å²) in [6.07, 6.45) is 0.436. The van der Waals surface area contributed by atoms with Crippen LogP contribution in [0.2, 0.25) is 0 Å². The van der Waals surface area contributed by atoms with Gasteiger partial charge in [-0.15, -0.1) is 11.8 Å². The molecule has 0 radical (unpaired) electrons. The van der Waals surface area contributed by atoms with E-state index < -0.39 is 23.8 Å². The van der Waals surface area contributed by atoms with Crippen LogP contribution < -0.4 is 11.0 Å². The number of hydrogen-bond acceptors (Lipinski definition) is 7. The molecular weight excluding hydrogens is 314 g/mol. The van der Waals surface area contributed by atoms with Crippen LogP contribution in [0.25, 0.3) is 0 Å². The Bertz CT molecular complexity index is 619. The van der Waals surface area contributed by atoms with Gasteiger partial charge in [-0.1, -0.05) is 0 Å². The van der Waals surface area contributed by atoms with Crippen LogP contribution in [0.1, 0.15) is 19.1 Å². The number of nitrogens with zero attached hydrogens (tertiary/aromatic N) is 2. The standard InChI is InChI=1S/C12H15N3O6S/c16-5-11-21-9(6-22-11)15-4-3-7(14-12(15)20)13-8(17)1-2-10(18)19/h3-4,9,11,16H,1-2,5-6H2,(H,18,19)(H,13,14,17,20)/t9?,11-/m0/s1. The van der Waals surface area contributed by atoms with E-state index in [1.807, 2.05) is 0 Å². The van der Waals surface area contributed by atoms with E-state index >= 15 is 0 Å². The quantitative estimate of drug-likeness (QED) is 0.644. The minimum absolute atomic E-state index is 0.0565. The summed E-state index contributed by atoms with van der Waals surface area (Å²) in [6, 6.07) is 1.43. The fourth-order valence-corrected chi connectivity index (χ4v) is 2.74. The molecule has 0 bridgehead atoms. The summed E-state index contributed by atoms with van der Waals surface area (Å²) in [4.78, 5) is 37.5. The van der Waals surface area contributed by atoms with Gasteiger partial charge in [-0.3, -0.25) is 14.2 Å². The Morgan fingerprint density at radius 3 is 2.86 bits per heavy atom. The molecule has 1 amide bonds. The molecule has 0 aromatic carbocycles. The smallest absolute Gasteiger partial charge is 0.351 e. The monoisotopic (exact) mass is 329 g/mol. The first-order valence-corrected chi connectivity index (χ1v) is 7.53. The van der Waals surface area contributed by atoms with Crippen molar-refractivity contribution in [1.29, 1.82) is 0 Å². The van der Waals surface area contributed by atoms with Gasteiger partial charge in [0.15, 0.2) is 0 Å². The zero-order chi connectivity index (χ0) is 16.1. The second-order valence-electron chi connectivity index (χ2n) is 4.48. The van der Waals surface area contributed by atoms with E-state index in [1.54, 1.807) is 0 Å². The molecule has 2 rings (SSSR count). The highest BCUT2D eigenvalue weighted by molar-refractivity contribution is 8.00. The minimum Gasteiger partial charge on any atom is -0.481 e. The first-order chi connectivity index (χ1) is 10.5. The summed E-state index contributed by atoms with van der Waals surface area (Å²) in [7, 11) is 0. The van der Waals surface area contributed by atoms with E-state index in [2.05, 4.69) is 10.3 Å². The van der Waals surface area contributed by atoms with Crippen molar-refractivity contribution in [2.24, 2.45) is 0 Å². The molecule has 2 atom stereocenters. The average molecular weight is 329 g/mol. The van der Waals surface area contributed by atoms with Crippen LogP contribution in [0.4, 0.5) is 5.82 Å². The molecule has 9 nitrogen and oxygen atoms in total. The van der Waals surface area contributed by atoms with Crippen molar-refractivity contribution in [3.05, 3.63) is 22.7 Å². The highest BCUT2D eigenvalue weighted by atomic mass is 32.2. The zero-order valence-electron chi connectivity index (χ0n) is 11.5. The van der Waals surface area contributed by atoms with Crippen LogP contribution >= 0.6 is 11.8 Å². The van der Waals surface area contributed by atoms with E-state index in [0.29, 0.717) is 5.75 Å². The lowest BCUT2D eigenvalue weighted by Crippen LogP contribution is -2.29. The molecule has 120 valence electrons. The Morgan fingerprint density at radius 1 is 1.50 bits per heavy atom. The molecule has 1 aliphatic heterocycles. The van der Waals surface area contributed by atoms with Crippen molar-refractivity contribution in [2.75, 3.05) is 17.7 Å². The number of carbonyl (C=O) groups excluding carboxylic acids is 1. The number of hydrogen-bond donors (Lipinski definition) is 3. The zero-order valence-corrected chi connectivity index (χ0v) is 12.3. The van der Waals surface area contributed by atoms with Gasteiger partial charge in [0, 0.05) is 18.4 Å². The fraction of sp³-hybridized carbons (Fsp3) is 0.500. The summed E-state index contributed by atoms with van der Waals surface area (Å²) in [6.45, 7) is -0.138. The third kappa shape index (κ3) is 4.29. The van der Waals surface area contributed by atoms with Crippen molar-refractivity contribution in [2.45, 2.75) is 24.5 Å². The molecule has 0 spiro atoms. The van der Waals surface area contributed by atoms with Crippen LogP contribution in [0.3, 0.4) is 0 Å². The molecular formula is C12H15N3O6S. The average Bonchev–Trinajstić information content (AvgIpc) is 2.94. The topological polar surface area (TPSA) is 131 Å². The lowest BCUT2D eigenvalue weighted by molar-refractivity contribution is -0.138. The van der Waals surface area contributed by atoms with Gasteiger partial charge in [0.2, 0.25) is 5.91 Å². The number of ether oxygens (including phenoxy) is 1. The predicted octanol–water partition coefficient (Wildman–Crippen LogP) is -0.373. The SMILES string of the molecule is O=C(O)CCC(=O)Nc1ccn(C2CS[C@@H](CO)O2)c(=O)n1. The number of aliphatic hydroxyl groups excluding tert-OH is 1. The number of aliphatic hydroxyl groups is 1. The summed E-state index contributed by atoms with van der Waals surface area (Å²) in [5.74, 6) is -1.04. The van der Waals surface area contributed by atoms with Gasteiger partial charge in [0.1, 0.15) is 17.5 Å². The van der Waals surface area contributed by atoms with E-state index in [0.717, 1.165) is 0 Å². The summed E-state index contributed by atoms with van der Waals surface area (Å²) >= 11 is 1.39. The first kappa shape index (κ1) is 16.5. The number of carbonyl (C=O) groups is 2. The van der Waals surface area contributed by atoms with Crippen LogP contribution in [0.15, 0.2) is 17.1 Å². The number of carboxylic acids is 1. The Labute approximate surface area is 129 Å². The van der Waals surface area contributed by atoms with Gasteiger partial charge in [0.05, 0.1) is 13.0 Å². The maximum absolute atomic E-state index is 11.9. The highest BCUT2D eigenvalue weighted by Gasteiger charge is 2.27. The lowest BCUT2D eigenvalue weighted by atomic mass is 10.3. The van der Waals surface area contributed by atoms with E-state index in [-0.39, 0.29) is 30.7 Å². The molecule has 0 aliphatic carbocycles. The normalized spacial score (nSPS) is 20.8. The number of thioether (sulfide) groups is 1. The molecule has 2 heterocycles. The van der Waals surface area contributed by atoms with Crippen LogP contribution in [0.5, 0.6) is 0 Å². The summed E-state index contributed by atoms with van der Waals surface area (Å²) in [5.41, 5.74) is -0.965. The van der Waals surface area contributed by atoms with Crippen molar-refractivity contribution in [3.8, 4) is 0 Å². The largest absolute Gasteiger partial charge is 0.481 e. The third-order valence-electron chi connectivity index (χ3n) is 2.86. The molecule has 1 saturated heterocycles. The molecule has 10 heteroatoms. The Kier molecular flexibility index (Phi) is 5.52.